The third kappa shape index (κ3) is 4.19. The standard InChI is InChI=1S/C16H14Cl2N2O2S/c17-12-6-5-10(7-13(12)18)20-16(23)19-8-11-9-21-14-3-1-2-4-15(14)22-11/h1-7,11H,8-9H2,(H2,19,20,23)/t11-/m0/s1. The van der Waals surface area contributed by atoms with Crippen LogP contribution in [-0.2, 0) is 0 Å². The van der Waals surface area contributed by atoms with Crippen LogP contribution >= 0.6 is 35.4 Å². The van der Waals surface area contributed by atoms with Gasteiger partial charge in [-0.25, -0.2) is 0 Å². The van der Waals surface area contributed by atoms with Gasteiger partial charge in [-0.15, -0.1) is 0 Å². The lowest BCUT2D eigenvalue weighted by Gasteiger charge is -2.27. The molecule has 0 fully saturated rings. The highest BCUT2D eigenvalue weighted by Crippen LogP contribution is 2.30. The van der Waals surface area contributed by atoms with Gasteiger partial charge in [0.25, 0.3) is 0 Å². The Kier molecular flexibility index (Phi) is 5.10. The van der Waals surface area contributed by atoms with Crippen molar-refractivity contribution >= 4 is 46.2 Å². The Morgan fingerprint density at radius 3 is 2.70 bits per heavy atom. The van der Waals surface area contributed by atoms with Gasteiger partial charge in [-0.05, 0) is 42.5 Å². The lowest BCUT2D eigenvalue weighted by molar-refractivity contribution is 0.0939. The minimum atomic E-state index is -0.113. The van der Waals surface area contributed by atoms with E-state index in [0.29, 0.717) is 28.3 Å². The summed E-state index contributed by atoms with van der Waals surface area (Å²) in [6, 6.07) is 12.8. The topological polar surface area (TPSA) is 42.5 Å². The first kappa shape index (κ1) is 16.2. The summed E-state index contributed by atoms with van der Waals surface area (Å²) in [7, 11) is 0. The van der Waals surface area contributed by atoms with Gasteiger partial charge < -0.3 is 20.1 Å². The van der Waals surface area contributed by atoms with E-state index in [1.54, 1.807) is 18.2 Å². The molecule has 0 saturated heterocycles. The van der Waals surface area contributed by atoms with Gasteiger partial charge in [0.15, 0.2) is 16.6 Å². The molecule has 0 radical (unpaired) electrons. The van der Waals surface area contributed by atoms with Crippen LogP contribution in [0.4, 0.5) is 5.69 Å². The van der Waals surface area contributed by atoms with E-state index in [-0.39, 0.29) is 6.10 Å². The zero-order valence-corrected chi connectivity index (χ0v) is 14.3. The zero-order chi connectivity index (χ0) is 16.2. The van der Waals surface area contributed by atoms with E-state index in [0.717, 1.165) is 17.2 Å². The number of para-hydroxylation sites is 2. The average Bonchev–Trinajstić information content (AvgIpc) is 2.56. The molecule has 0 amide bonds. The molecule has 4 nitrogen and oxygen atoms in total. The van der Waals surface area contributed by atoms with Crippen LogP contribution in [0.15, 0.2) is 42.5 Å². The van der Waals surface area contributed by atoms with E-state index in [1.165, 1.54) is 0 Å². The van der Waals surface area contributed by atoms with Crippen LogP contribution < -0.4 is 20.1 Å². The summed E-state index contributed by atoms with van der Waals surface area (Å²) in [6.45, 7) is 1.00. The molecule has 0 spiro atoms. The number of ether oxygens (including phenoxy) is 2. The average molecular weight is 369 g/mol. The van der Waals surface area contributed by atoms with Gasteiger partial charge in [-0.2, -0.15) is 0 Å². The molecule has 3 rings (SSSR count). The highest BCUT2D eigenvalue weighted by atomic mass is 35.5. The summed E-state index contributed by atoms with van der Waals surface area (Å²) in [5.74, 6) is 1.51. The number of rotatable bonds is 3. The number of nitrogens with one attached hydrogen (secondary N) is 2. The van der Waals surface area contributed by atoms with Crippen LogP contribution in [0, 0.1) is 0 Å². The predicted molar refractivity (Wildman–Crippen MR) is 97.0 cm³/mol. The molecular weight excluding hydrogens is 355 g/mol. The molecule has 1 aliphatic rings. The van der Waals surface area contributed by atoms with Crippen molar-refractivity contribution in [3.63, 3.8) is 0 Å². The molecule has 0 aliphatic carbocycles. The minimum absolute atomic E-state index is 0.113. The highest BCUT2D eigenvalue weighted by molar-refractivity contribution is 7.80. The molecule has 2 aromatic carbocycles. The Morgan fingerprint density at radius 2 is 1.91 bits per heavy atom. The molecular formula is C16H14Cl2N2O2S. The zero-order valence-electron chi connectivity index (χ0n) is 12.0. The molecule has 0 bridgehead atoms. The second-order valence-electron chi connectivity index (χ2n) is 4.96. The van der Waals surface area contributed by atoms with Crippen molar-refractivity contribution in [3.8, 4) is 11.5 Å². The molecule has 0 saturated carbocycles. The molecule has 7 heteroatoms. The van der Waals surface area contributed by atoms with Crippen LogP contribution in [-0.4, -0.2) is 24.4 Å². The van der Waals surface area contributed by atoms with Gasteiger partial charge >= 0.3 is 0 Å². The van der Waals surface area contributed by atoms with Crippen molar-refractivity contribution in [1.82, 2.24) is 5.32 Å². The van der Waals surface area contributed by atoms with Crippen LogP contribution in [0.3, 0.4) is 0 Å². The second kappa shape index (κ2) is 7.25. The number of fused-ring (bicyclic) bond motifs is 1. The molecule has 0 unspecified atom stereocenters. The Hall–Kier alpha value is -1.69. The van der Waals surface area contributed by atoms with Crippen molar-refractivity contribution in [2.45, 2.75) is 6.10 Å². The third-order valence-corrected chi connectivity index (χ3v) is 4.22. The maximum Gasteiger partial charge on any atom is 0.170 e. The van der Waals surface area contributed by atoms with E-state index < -0.39 is 0 Å². The Balaban J connectivity index is 1.51. The van der Waals surface area contributed by atoms with Gasteiger partial charge in [0, 0.05) is 5.69 Å². The normalized spacial score (nSPS) is 15.8. The predicted octanol–water partition coefficient (Wildman–Crippen LogP) is 4.12. The van der Waals surface area contributed by atoms with Gasteiger partial charge in [-0.1, -0.05) is 35.3 Å². The second-order valence-corrected chi connectivity index (χ2v) is 6.18. The molecule has 1 atom stereocenters. The molecule has 2 aromatic rings. The summed E-state index contributed by atoms with van der Waals surface area (Å²) in [6.07, 6.45) is -0.113. The van der Waals surface area contributed by atoms with Crippen molar-refractivity contribution < 1.29 is 9.47 Å². The van der Waals surface area contributed by atoms with Crippen LogP contribution in [0.5, 0.6) is 11.5 Å². The fourth-order valence-electron chi connectivity index (χ4n) is 2.12. The lowest BCUT2D eigenvalue weighted by Crippen LogP contribution is -2.42. The van der Waals surface area contributed by atoms with Crippen LogP contribution in [0.2, 0.25) is 10.0 Å². The quantitative estimate of drug-likeness (QED) is 0.797. The SMILES string of the molecule is S=C(NC[C@H]1COc2ccccc2O1)Nc1ccc(Cl)c(Cl)c1. The van der Waals surface area contributed by atoms with E-state index in [9.17, 15) is 0 Å². The monoisotopic (exact) mass is 368 g/mol. The van der Waals surface area contributed by atoms with Gasteiger partial charge in [0.2, 0.25) is 0 Å². The summed E-state index contributed by atoms with van der Waals surface area (Å²) in [5.41, 5.74) is 0.767. The Bertz CT molecular complexity index is 727. The fourth-order valence-corrected chi connectivity index (χ4v) is 2.62. The first-order valence-electron chi connectivity index (χ1n) is 7.00. The first-order chi connectivity index (χ1) is 11.1. The van der Waals surface area contributed by atoms with Gasteiger partial charge in [0.1, 0.15) is 12.7 Å². The summed E-state index contributed by atoms with van der Waals surface area (Å²) in [4.78, 5) is 0. The number of anilines is 1. The van der Waals surface area contributed by atoms with Crippen molar-refractivity contribution in [1.29, 1.82) is 0 Å². The molecule has 1 heterocycles. The number of benzene rings is 2. The van der Waals surface area contributed by atoms with Crippen molar-refractivity contribution in [2.75, 3.05) is 18.5 Å². The molecule has 120 valence electrons. The van der Waals surface area contributed by atoms with Crippen molar-refractivity contribution in [2.24, 2.45) is 0 Å². The van der Waals surface area contributed by atoms with Crippen molar-refractivity contribution in [3.05, 3.63) is 52.5 Å². The van der Waals surface area contributed by atoms with Gasteiger partial charge in [-0.3, -0.25) is 0 Å². The van der Waals surface area contributed by atoms with E-state index in [1.807, 2.05) is 24.3 Å². The number of hydrogen-bond acceptors (Lipinski definition) is 3. The van der Waals surface area contributed by atoms with Crippen LogP contribution in [0.1, 0.15) is 0 Å². The molecule has 0 aromatic heterocycles. The van der Waals surface area contributed by atoms with E-state index in [4.69, 9.17) is 44.9 Å². The molecule has 1 aliphatic heterocycles. The fraction of sp³-hybridized carbons (Fsp3) is 0.188. The smallest absolute Gasteiger partial charge is 0.170 e. The number of thiocarbonyl (C=S) groups is 1. The Morgan fingerprint density at radius 1 is 1.13 bits per heavy atom. The van der Waals surface area contributed by atoms with Gasteiger partial charge in [0.05, 0.1) is 16.6 Å². The lowest BCUT2D eigenvalue weighted by atomic mass is 10.2. The minimum Gasteiger partial charge on any atom is -0.486 e. The summed E-state index contributed by atoms with van der Waals surface area (Å²) < 4.78 is 11.5. The Labute approximate surface area is 149 Å². The summed E-state index contributed by atoms with van der Waals surface area (Å²) in [5, 5.41) is 7.61. The molecule has 23 heavy (non-hydrogen) atoms. The van der Waals surface area contributed by atoms with Crippen LogP contribution in [0.25, 0.3) is 0 Å². The highest BCUT2D eigenvalue weighted by Gasteiger charge is 2.20. The number of hydrogen-bond donors (Lipinski definition) is 2. The molecule has 2 N–H and O–H groups in total. The van der Waals surface area contributed by atoms with E-state index in [2.05, 4.69) is 10.6 Å². The summed E-state index contributed by atoms with van der Waals surface area (Å²) >= 11 is 17.1. The van der Waals surface area contributed by atoms with E-state index >= 15 is 0 Å². The maximum atomic E-state index is 5.97. The largest absolute Gasteiger partial charge is 0.486 e. The number of halogens is 2. The first-order valence-corrected chi connectivity index (χ1v) is 8.16. The maximum absolute atomic E-state index is 5.97. The third-order valence-electron chi connectivity index (χ3n) is 3.24.